The monoisotopic (exact) mass is 549 g/mol. The molecule has 0 spiro atoms. The van der Waals surface area contributed by atoms with Crippen molar-refractivity contribution in [3.63, 3.8) is 0 Å². The highest BCUT2D eigenvalue weighted by Gasteiger charge is 2.26. The van der Waals surface area contributed by atoms with E-state index in [2.05, 4.69) is 20.9 Å². The molecule has 14 heteroatoms. The van der Waals surface area contributed by atoms with E-state index in [1.54, 1.807) is 0 Å². The lowest BCUT2D eigenvalue weighted by molar-refractivity contribution is -0.384. The Morgan fingerprint density at radius 1 is 0.846 bits per heavy atom. The van der Waals surface area contributed by atoms with Gasteiger partial charge in [-0.2, -0.15) is 0 Å². The molecule has 0 unspecified atom stereocenters. The Morgan fingerprint density at radius 2 is 1.44 bits per heavy atom. The van der Waals surface area contributed by atoms with Gasteiger partial charge in [-0.3, -0.25) is 29.5 Å². The van der Waals surface area contributed by atoms with Crippen LogP contribution in [0.1, 0.15) is 56.9 Å². The molecule has 0 saturated heterocycles. The van der Waals surface area contributed by atoms with Crippen molar-refractivity contribution in [2.45, 2.75) is 69.9 Å². The molecule has 0 bridgehead atoms. The van der Waals surface area contributed by atoms with Gasteiger partial charge in [-0.1, -0.05) is 12.1 Å². The van der Waals surface area contributed by atoms with Gasteiger partial charge in [0.15, 0.2) is 5.96 Å². The number of benzene rings is 1. The van der Waals surface area contributed by atoms with Crippen LogP contribution in [0.15, 0.2) is 29.3 Å². The highest BCUT2D eigenvalue weighted by atomic mass is 16.6. The van der Waals surface area contributed by atoms with E-state index in [0.29, 0.717) is 83.1 Å². The maximum atomic E-state index is 13.2. The van der Waals surface area contributed by atoms with E-state index < -0.39 is 28.8 Å². The molecule has 39 heavy (non-hydrogen) atoms. The molecular weight excluding hydrogens is 506 g/mol. The number of nitrogens with zero attached hydrogens (tertiary/aromatic N) is 2. The number of hydrogen-bond acceptors (Lipinski definition) is 8. The molecule has 11 N–H and O–H groups in total. The van der Waals surface area contributed by atoms with Crippen molar-refractivity contribution >= 4 is 29.4 Å². The zero-order valence-electron chi connectivity index (χ0n) is 22.4. The molecule has 1 rings (SSSR count). The van der Waals surface area contributed by atoms with Gasteiger partial charge >= 0.3 is 0 Å². The predicted molar refractivity (Wildman–Crippen MR) is 149 cm³/mol. The highest BCUT2D eigenvalue weighted by Crippen LogP contribution is 2.13. The van der Waals surface area contributed by atoms with Gasteiger partial charge in [0, 0.05) is 25.2 Å². The number of nitro benzene ring substituents is 1. The number of nitrogens with one attached hydrogen (secondary N) is 3. The molecule has 0 aliphatic carbocycles. The minimum absolute atomic E-state index is 0.0163. The van der Waals surface area contributed by atoms with Crippen molar-refractivity contribution in [1.29, 1.82) is 0 Å². The number of nitrogens with two attached hydrogens (primary N) is 4. The summed E-state index contributed by atoms with van der Waals surface area (Å²) in [6.07, 6.45) is 4.64. The number of guanidine groups is 1. The molecule has 0 heterocycles. The topological polar surface area (TPSA) is 247 Å². The van der Waals surface area contributed by atoms with Gasteiger partial charge in [-0.25, -0.2) is 0 Å². The smallest absolute Gasteiger partial charge is 0.269 e. The number of amides is 3. The van der Waals surface area contributed by atoms with Gasteiger partial charge in [0.2, 0.25) is 17.7 Å². The summed E-state index contributed by atoms with van der Waals surface area (Å²) in [5, 5.41) is 19.2. The summed E-state index contributed by atoms with van der Waals surface area (Å²) in [5.74, 6) is -1.19. The zero-order chi connectivity index (χ0) is 29.0. The van der Waals surface area contributed by atoms with Crippen LogP contribution < -0.4 is 38.9 Å². The predicted octanol–water partition coefficient (Wildman–Crippen LogP) is -0.465. The molecule has 0 aromatic heterocycles. The molecule has 3 amide bonds. The van der Waals surface area contributed by atoms with E-state index in [1.165, 1.54) is 24.3 Å². The molecule has 1 aromatic rings. The molecule has 218 valence electrons. The van der Waals surface area contributed by atoms with Crippen LogP contribution >= 0.6 is 0 Å². The lowest BCUT2D eigenvalue weighted by Crippen LogP contribution is -2.54. The van der Waals surface area contributed by atoms with E-state index in [1.807, 2.05) is 0 Å². The third-order valence-corrected chi connectivity index (χ3v) is 5.87. The third kappa shape index (κ3) is 14.7. The largest absolute Gasteiger partial charge is 0.370 e. The van der Waals surface area contributed by atoms with Crippen molar-refractivity contribution in [1.82, 2.24) is 16.0 Å². The first-order valence-electron chi connectivity index (χ1n) is 13.2. The van der Waals surface area contributed by atoms with Crippen molar-refractivity contribution in [3.8, 4) is 0 Å². The Balaban J connectivity index is 2.80. The van der Waals surface area contributed by atoms with Gasteiger partial charge in [-0.05, 0) is 70.0 Å². The fourth-order valence-corrected chi connectivity index (χ4v) is 3.74. The Labute approximate surface area is 228 Å². The number of rotatable bonds is 20. The fraction of sp³-hybridized carbons (Fsp3) is 0.600. The van der Waals surface area contributed by atoms with Crippen molar-refractivity contribution in [2.24, 2.45) is 27.9 Å². The summed E-state index contributed by atoms with van der Waals surface area (Å²) in [6, 6.07) is 3.97. The Bertz CT molecular complexity index is 936. The summed E-state index contributed by atoms with van der Waals surface area (Å²) in [5.41, 5.74) is 22.3. The highest BCUT2D eigenvalue weighted by molar-refractivity contribution is 5.92. The normalized spacial score (nSPS) is 12.2. The lowest BCUT2D eigenvalue weighted by Gasteiger charge is -2.23. The average Bonchev–Trinajstić information content (AvgIpc) is 2.89. The molecule has 0 fully saturated rings. The van der Waals surface area contributed by atoms with Gasteiger partial charge in [0.05, 0.1) is 11.3 Å². The summed E-state index contributed by atoms with van der Waals surface area (Å²) in [7, 11) is 0. The van der Waals surface area contributed by atoms with Gasteiger partial charge in [-0.15, -0.1) is 0 Å². The Hall–Kier alpha value is -3.78. The fourth-order valence-electron chi connectivity index (χ4n) is 3.74. The standard InChI is InChI=1S/C25H43N9O5/c26-13-3-1-7-20(23(36)30-15-5-6-16-31-25(28)29)33-24(37)21(8-2-4-14-27)32-22(35)17-18-9-11-19(12-10-18)34(38)39/h9-12,20-21H,1-8,13-17,26-27H2,(H,30,36)(H,32,35)(H,33,37)(H4,28,29,31)/t20-,21-/m0/s1. The van der Waals surface area contributed by atoms with Gasteiger partial charge in [0.1, 0.15) is 12.1 Å². The molecule has 14 nitrogen and oxygen atoms in total. The molecule has 2 atom stereocenters. The first-order chi connectivity index (χ1) is 18.7. The maximum absolute atomic E-state index is 13.2. The Kier molecular flexibility index (Phi) is 16.5. The van der Waals surface area contributed by atoms with Crippen LogP contribution in [0.3, 0.4) is 0 Å². The molecule has 0 aliphatic rings. The summed E-state index contributed by atoms with van der Waals surface area (Å²) in [6.45, 7) is 1.76. The van der Waals surface area contributed by atoms with Crippen LogP contribution in [-0.2, 0) is 20.8 Å². The third-order valence-electron chi connectivity index (χ3n) is 5.87. The second kappa shape index (κ2) is 19.3. The van der Waals surface area contributed by atoms with Crippen LogP contribution in [-0.4, -0.2) is 66.9 Å². The summed E-state index contributed by atoms with van der Waals surface area (Å²) < 4.78 is 0. The number of carbonyl (C=O) groups is 3. The summed E-state index contributed by atoms with van der Waals surface area (Å²) in [4.78, 5) is 53.0. The van der Waals surface area contributed by atoms with Crippen molar-refractivity contribution in [3.05, 3.63) is 39.9 Å². The van der Waals surface area contributed by atoms with Crippen molar-refractivity contribution < 1.29 is 19.3 Å². The number of carbonyl (C=O) groups excluding carboxylic acids is 3. The van der Waals surface area contributed by atoms with Crippen LogP contribution in [0.2, 0.25) is 0 Å². The molecule has 0 aliphatic heterocycles. The van der Waals surface area contributed by atoms with E-state index >= 15 is 0 Å². The average molecular weight is 550 g/mol. The van der Waals surface area contributed by atoms with Gasteiger partial charge in [0.25, 0.3) is 5.69 Å². The summed E-state index contributed by atoms with van der Waals surface area (Å²) >= 11 is 0. The number of nitro groups is 1. The van der Waals surface area contributed by atoms with Crippen molar-refractivity contribution in [2.75, 3.05) is 26.2 Å². The van der Waals surface area contributed by atoms with Gasteiger partial charge < -0.3 is 38.9 Å². The minimum Gasteiger partial charge on any atom is -0.370 e. The van der Waals surface area contributed by atoms with E-state index in [-0.39, 0.29) is 24.0 Å². The SMILES string of the molecule is NCCCC[C@H](NC(=O)Cc1ccc([N+](=O)[O-])cc1)C(=O)N[C@@H](CCCCN)C(=O)NCCCCN=C(N)N. The number of hydrogen-bond donors (Lipinski definition) is 7. The Morgan fingerprint density at radius 3 is 1.97 bits per heavy atom. The number of non-ortho nitro benzene ring substituents is 1. The second-order valence-corrected chi connectivity index (χ2v) is 9.16. The molecular formula is C25H43N9O5. The van der Waals surface area contributed by atoms with Crippen LogP contribution in [0.25, 0.3) is 0 Å². The molecule has 0 saturated carbocycles. The number of unbranched alkanes of at least 4 members (excludes halogenated alkanes) is 3. The zero-order valence-corrected chi connectivity index (χ0v) is 22.4. The van der Waals surface area contributed by atoms with Crippen LogP contribution in [0, 0.1) is 10.1 Å². The second-order valence-electron chi connectivity index (χ2n) is 9.16. The maximum Gasteiger partial charge on any atom is 0.269 e. The minimum atomic E-state index is -0.869. The first-order valence-corrected chi connectivity index (χ1v) is 13.2. The quantitative estimate of drug-likeness (QED) is 0.0365. The first kappa shape index (κ1) is 33.2. The van der Waals surface area contributed by atoms with E-state index in [9.17, 15) is 24.5 Å². The van der Waals surface area contributed by atoms with Crippen LogP contribution in [0.4, 0.5) is 5.69 Å². The van der Waals surface area contributed by atoms with E-state index in [0.717, 1.165) is 0 Å². The lowest BCUT2D eigenvalue weighted by atomic mass is 10.0. The van der Waals surface area contributed by atoms with Crippen LogP contribution in [0.5, 0.6) is 0 Å². The number of aliphatic imine (C=N–C) groups is 1. The molecule has 0 radical (unpaired) electrons. The molecule has 1 aromatic carbocycles. The van der Waals surface area contributed by atoms with E-state index in [4.69, 9.17) is 22.9 Å².